The maximum atomic E-state index is 12.2. The second kappa shape index (κ2) is 7.45. The molecule has 1 amide bonds. The van der Waals surface area contributed by atoms with Crippen LogP contribution >= 0.6 is 0 Å². The number of carbonyl (C=O) groups excluding carboxylic acids is 1. The van der Waals surface area contributed by atoms with Crippen LogP contribution in [0.25, 0.3) is 0 Å². The van der Waals surface area contributed by atoms with E-state index in [1.54, 1.807) is 4.90 Å². The summed E-state index contributed by atoms with van der Waals surface area (Å²) < 4.78 is 0. The lowest BCUT2D eigenvalue weighted by molar-refractivity contribution is -0.139. The number of carbonyl (C=O) groups is 2. The average molecular weight is 271 g/mol. The minimum absolute atomic E-state index is 0.00516. The van der Waals surface area contributed by atoms with E-state index < -0.39 is 5.97 Å². The largest absolute Gasteiger partial charge is 0.481 e. The van der Waals surface area contributed by atoms with E-state index in [4.69, 9.17) is 10.8 Å². The van der Waals surface area contributed by atoms with Crippen molar-refractivity contribution in [2.45, 2.75) is 45.2 Å². The minimum Gasteiger partial charge on any atom is -0.481 e. The Hall–Kier alpha value is -1.14. The van der Waals surface area contributed by atoms with Crippen molar-refractivity contribution in [3.8, 4) is 0 Å². The average Bonchev–Trinajstić information content (AvgIpc) is 2.31. The van der Waals surface area contributed by atoms with E-state index in [2.05, 4.69) is 4.90 Å². The van der Waals surface area contributed by atoms with E-state index in [-0.39, 0.29) is 31.0 Å². The Balaban J connectivity index is 2.45. The number of piperidine rings is 1. The number of hydrogen-bond donors (Lipinski definition) is 2. The highest BCUT2D eigenvalue weighted by Crippen LogP contribution is 2.09. The lowest BCUT2D eigenvalue weighted by Crippen LogP contribution is -2.48. The Morgan fingerprint density at radius 1 is 1.37 bits per heavy atom. The van der Waals surface area contributed by atoms with Crippen LogP contribution in [-0.2, 0) is 9.59 Å². The highest BCUT2D eigenvalue weighted by atomic mass is 16.4. The van der Waals surface area contributed by atoms with Crippen molar-refractivity contribution < 1.29 is 14.7 Å². The Labute approximate surface area is 114 Å². The summed E-state index contributed by atoms with van der Waals surface area (Å²) in [5, 5.41) is 8.71. The number of likely N-dealkylation sites (tertiary alicyclic amines) is 1. The Morgan fingerprint density at radius 2 is 1.95 bits per heavy atom. The third kappa shape index (κ3) is 5.57. The van der Waals surface area contributed by atoms with E-state index >= 15 is 0 Å². The third-order valence-corrected chi connectivity index (χ3v) is 3.50. The van der Waals surface area contributed by atoms with Gasteiger partial charge in [0.1, 0.15) is 0 Å². The summed E-state index contributed by atoms with van der Waals surface area (Å²) in [5.41, 5.74) is 5.83. The van der Waals surface area contributed by atoms with Crippen LogP contribution in [0.2, 0.25) is 0 Å². The molecule has 0 unspecified atom stereocenters. The SMILES string of the molecule is CC(C)N(CCC(=O)O)C(=O)CN1CCC(N)CC1. The molecule has 0 aromatic carbocycles. The van der Waals surface area contributed by atoms with Gasteiger partial charge in [-0.2, -0.15) is 0 Å². The summed E-state index contributed by atoms with van der Waals surface area (Å²) in [4.78, 5) is 26.6. The molecule has 19 heavy (non-hydrogen) atoms. The Morgan fingerprint density at radius 3 is 2.42 bits per heavy atom. The van der Waals surface area contributed by atoms with Crippen LogP contribution in [0.15, 0.2) is 0 Å². The number of aliphatic carboxylic acids is 1. The summed E-state index contributed by atoms with van der Waals surface area (Å²) >= 11 is 0. The highest BCUT2D eigenvalue weighted by molar-refractivity contribution is 5.79. The predicted octanol–water partition coefficient (Wildman–Crippen LogP) is 0.121. The standard InChI is InChI=1S/C13H25N3O3/c1-10(2)16(8-5-13(18)19)12(17)9-15-6-3-11(14)4-7-15/h10-11H,3-9,14H2,1-2H3,(H,18,19). The molecule has 1 rings (SSSR count). The quantitative estimate of drug-likeness (QED) is 0.716. The van der Waals surface area contributed by atoms with Crippen molar-refractivity contribution in [1.82, 2.24) is 9.80 Å². The van der Waals surface area contributed by atoms with Crippen molar-refractivity contribution >= 4 is 11.9 Å². The molecule has 0 radical (unpaired) electrons. The second-order valence-electron chi connectivity index (χ2n) is 5.44. The molecular formula is C13H25N3O3. The van der Waals surface area contributed by atoms with Crippen molar-refractivity contribution in [1.29, 1.82) is 0 Å². The fourth-order valence-electron chi connectivity index (χ4n) is 2.28. The number of nitrogens with zero attached hydrogens (tertiary/aromatic N) is 2. The maximum Gasteiger partial charge on any atom is 0.305 e. The predicted molar refractivity (Wildman–Crippen MR) is 72.8 cm³/mol. The van der Waals surface area contributed by atoms with Gasteiger partial charge < -0.3 is 15.7 Å². The Bertz CT molecular complexity index is 312. The topological polar surface area (TPSA) is 86.9 Å². The van der Waals surface area contributed by atoms with E-state index in [1.807, 2.05) is 13.8 Å². The van der Waals surface area contributed by atoms with Crippen LogP contribution in [0.5, 0.6) is 0 Å². The fraction of sp³-hybridized carbons (Fsp3) is 0.846. The van der Waals surface area contributed by atoms with Gasteiger partial charge in [0, 0.05) is 31.7 Å². The number of hydrogen-bond acceptors (Lipinski definition) is 4. The molecule has 110 valence electrons. The molecule has 0 aromatic heterocycles. The van der Waals surface area contributed by atoms with Gasteiger partial charge in [0.15, 0.2) is 0 Å². The smallest absolute Gasteiger partial charge is 0.305 e. The normalized spacial score (nSPS) is 17.7. The zero-order valence-corrected chi connectivity index (χ0v) is 11.8. The molecule has 3 N–H and O–H groups in total. The summed E-state index contributed by atoms with van der Waals surface area (Å²) in [6.07, 6.45) is 1.84. The van der Waals surface area contributed by atoms with Crippen molar-refractivity contribution in [3.05, 3.63) is 0 Å². The first-order valence-electron chi connectivity index (χ1n) is 6.89. The molecule has 1 saturated heterocycles. The van der Waals surface area contributed by atoms with Gasteiger partial charge in [-0.3, -0.25) is 14.5 Å². The maximum absolute atomic E-state index is 12.2. The monoisotopic (exact) mass is 271 g/mol. The zero-order valence-electron chi connectivity index (χ0n) is 11.8. The first-order chi connectivity index (χ1) is 8.90. The summed E-state index contributed by atoms with van der Waals surface area (Å²) in [6, 6.07) is 0.276. The van der Waals surface area contributed by atoms with Gasteiger partial charge in [0.2, 0.25) is 5.91 Å². The van der Waals surface area contributed by atoms with Crippen LogP contribution in [-0.4, -0.2) is 65.0 Å². The van der Waals surface area contributed by atoms with E-state index in [1.165, 1.54) is 0 Å². The second-order valence-corrected chi connectivity index (χ2v) is 5.44. The molecule has 6 nitrogen and oxygen atoms in total. The number of carboxylic acid groups (broad SMARTS) is 1. The van der Waals surface area contributed by atoms with Crippen molar-refractivity contribution in [2.75, 3.05) is 26.2 Å². The minimum atomic E-state index is -0.873. The Kier molecular flexibility index (Phi) is 6.24. The molecule has 1 aliphatic heterocycles. The van der Waals surface area contributed by atoms with Crippen molar-refractivity contribution in [3.63, 3.8) is 0 Å². The van der Waals surface area contributed by atoms with Crippen LogP contribution in [0.1, 0.15) is 33.1 Å². The van der Waals surface area contributed by atoms with Crippen LogP contribution in [0.3, 0.4) is 0 Å². The van der Waals surface area contributed by atoms with Gasteiger partial charge in [-0.1, -0.05) is 0 Å². The fourth-order valence-corrected chi connectivity index (χ4v) is 2.28. The third-order valence-electron chi connectivity index (χ3n) is 3.50. The van der Waals surface area contributed by atoms with E-state index in [9.17, 15) is 9.59 Å². The summed E-state index contributed by atoms with van der Waals surface area (Å²) in [5.74, 6) is -0.867. The first-order valence-corrected chi connectivity index (χ1v) is 6.89. The number of rotatable bonds is 6. The van der Waals surface area contributed by atoms with Gasteiger partial charge >= 0.3 is 5.97 Å². The summed E-state index contributed by atoms with van der Waals surface area (Å²) in [7, 11) is 0. The van der Waals surface area contributed by atoms with Crippen molar-refractivity contribution in [2.24, 2.45) is 5.73 Å². The van der Waals surface area contributed by atoms with Crippen LogP contribution < -0.4 is 5.73 Å². The highest BCUT2D eigenvalue weighted by Gasteiger charge is 2.23. The van der Waals surface area contributed by atoms with Gasteiger partial charge in [-0.25, -0.2) is 0 Å². The van der Waals surface area contributed by atoms with Crippen LogP contribution in [0, 0.1) is 0 Å². The molecule has 0 spiro atoms. The number of amides is 1. The van der Waals surface area contributed by atoms with Gasteiger partial charge in [0.05, 0.1) is 13.0 Å². The molecule has 0 saturated carbocycles. The lowest BCUT2D eigenvalue weighted by atomic mass is 10.1. The van der Waals surface area contributed by atoms with E-state index in [0.29, 0.717) is 6.54 Å². The number of nitrogens with two attached hydrogens (primary N) is 1. The lowest BCUT2D eigenvalue weighted by Gasteiger charge is -2.33. The first kappa shape index (κ1) is 15.9. The number of carboxylic acids is 1. The summed E-state index contributed by atoms with van der Waals surface area (Å²) in [6.45, 7) is 6.15. The molecule has 0 aromatic rings. The molecule has 0 atom stereocenters. The van der Waals surface area contributed by atoms with Gasteiger partial charge in [-0.15, -0.1) is 0 Å². The van der Waals surface area contributed by atoms with E-state index in [0.717, 1.165) is 25.9 Å². The van der Waals surface area contributed by atoms with Crippen LogP contribution in [0.4, 0.5) is 0 Å². The van der Waals surface area contributed by atoms with Gasteiger partial charge in [-0.05, 0) is 26.7 Å². The molecular weight excluding hydrogens is 246 g/mol. The molecule has 6 heteroatoms. The molecule has 1 aliphatic rings. The zero-order chi connectivity index (χ0) is 14.4. The molecule has 0 aliphatic carbocycles. The molecule has 1 fully saturated rings. The molecule has 0 bridgehead atoms. The van der Waals surface area contributed by atoms with Gasteiger partial charge in [0.25, 0.3) is 0 Å². The molecule has 1 heterocycles.